The highest BCUT2D eigenvalue weighted by Gasteiger charge is 2.79. The van der Waals surface area contributed by atoms with Crippen LogP contribution in [0.3, 0.4) is 0 Å². The van der Waals surface area contributed by atoms with Gasteiger partial charge >= 0.3 is 17.4 Å². The summed E-state index contributed by atoms with van der Waals surface area (Å²) in [5.41, 5.74) is 0. The normalized spacial score (nSPS) is 16.0. The van der Waals surface area contributed by atoms with Crippen LogP contribution in [-0.2, 0) is 20.1 Å². The van der Waals surface area contributed by atoms with Crippen molar-refractivity contribution >= 4 is 20.1 Å². The number of nitrogens with zero attached hydrogens (tertiary/aromatic N) is 2. The molecule has 9 nitrogen and oxygen atoms in total. The van der Waals surface area contributed by atoms with Crippen LogP contribution < -0.4 is 0 Å². The van der Waals surface area contributed by atoms with Gasteiger partial charge in [0.15, 0.2) is 0 Å². The summed E-state index contributed by atoms with van der Waals surface area (Å²) in [5, 5.41) is 11.9. The predicted octanol–water partition coefficient (Wildman–Crippen LogP) is 0.116. The number of halogens is 7. The fourth-order valence-electron chi connectivity index (χ4n) is 2.59. The average Bonchev–Trinajstić information content (AvgIpc) is 2.49. The molecule has 0 heterocycles. The molecule has 1 atom stereocenters. The van der Waals surface area contributed by atoms with E-state index in [0.29, 0.717) is 0 Å². The Kier molecular flexibility index (Phi) is 9.75. The smallest absolute Gasteiger partial charge is 0.395 e. The highest BCUT2D eigenvalue weighted by molar-refractivity contribution is 7.90. The summed E-state index contributed by atoms with van der Waals surface area (Å²) in [6, 6.07) is 0. The molecule has 0 spiro atoms. The Balaban J connectivity index is 5.43. The Morgan fingerprint density at radius 1 is 0.968 bits per heavy atom. The molecule has 188 valence electrons. The molecule has 0 aliphatic carbocycles. The van der Waals surface area contributed by atoms with E-state index in [1.54, 1.807) is 0 Å². The number of aliphatic hydroxyl groups excluding tert-OH is 2. The van der Waals surface area contributed by atoms with Crippen LogP contribution in [0.2, 0.25) is 0 Å². The van der Waals surface area contributed by atoms with Gasteiger partial charge < -0.3 is 14.7 Å². The number of alkyl halides is 7. The van der Waals surface area contributed by atoms with E-state index in [2.05, 4.69) is 0 Å². The van der Waals surface area contributed by atoms with Crippen molar-refractivity contribution in [1.29, 1.82) is 0 Å². The molecule has 0 aliphatic heterocycles. The highest BCUT2D eigenvalue weighted by Crippen LogP contribution is 2.49. The first-order valence-corrected chi connectivity index (χ1v) is 11.4. The summed E-state index contributed by atoms with van der Waals surface area (Å²) in [4.78, 5) is 0. The minimum atomic E-state index is -6.90. The molecular formula is C13H24F7N2O7S2+. The van der Waals surface area contributed by atoms with Gasteiger partial charge in [0.1, 0.15) is 18.4 Å². The highest BCUT2D eigenvalue weighted by atomic mass is 32.2. The van der Waals surface area contributed by atoms with Crippen LogP contribution in [0.5, 0.6) is 0 Å². The Labute approximate surface area is 174 Å². The molecule has 0 saturated heterocycles. The van der Waals surface area contributed by atoms with Crippen molar-refractivity contribution in [2.45, 2.75) is 29.9 Å². The lowest BCUT2D eigenvalue weighted by atomic mass is 10.3. The lowest BCUT2D eigenvalue weighted by Gasteiger charge is -2.34. The summed E-state index contributed by atoms with van der Waals surface area (Å²) >= 11 is 0. The van der Waals surface area contributed by atoms with E-state index in [4.69, 9.17) is 9.66 Å². The van der Waals surface area contributed by atoms with Crippen molar-refractivity contribution in [3.63, 3.8) is 0 Å². The largest absolute Gasteiger partial charge is 0.461 e. The van der Waals surface area contributed by atoms with Crippen molar-refractivity contribution in [1.82, 2.24) is 4.31 Å². The quantitative estimate of drug-likeness (QED) is 0.180. The molecule has 31 heavy (non-hydrogen) atoms. The maximum absolute atomic E-state index is 13.7. The third kappa shape index (κ3) is 7.93. The van der Waals surface area contributed by atoms with Crippen LogP contribution in [0, 0.1) is 0 Å². The first-order chi connectivity index (χ1) is 13.5. The maximum Gasteiger partial charge on any atom is 0.461 e. The van der Waals surface area contributed by atoms with E-state index in [9.17, 15) is 52.7 Å². The van der Waals surface area contributed by atoms with E-state index in [1.165, 1.54) is 14.1 Å². The van der Waals surface area contributed by atoms with Crippen molar-refractivity contribution < 1.29 is 66.8 Å². The standard InChI is InChI=1S/C13H23F7N2O7S2/c1-22(2,8-10(24)9-30(25,26)27)6-3-4-21(5-7-23)31(28,29)13(19,20)11(14,15)12(16,17)18/h10,23-24H,3-9H2,1-2H3/p+1. The van der Waals surface area contributed by atoms with Crippen LogP contribution in [0.4, 0.5) is 30.7 Å². The van der Waals surface area contributed by atoms with Gasteiger partial charge in [0.25, 0.3) is 20.1 Å². The summed E-state index contributed by atoms with van der Waals surface area (Å²) in [6.07, 6.45) is -8.84. The molecule has 0 aromatic heterocycles. The third-order valence-corrected chi connectivity index (χ3v) is 6.77. The fourth-order valence-corrected chi connectivity index (χ4v) is 4.63. The molecule has 18 heteroatoms. The van der Waals surface area contributed by atoms with Crippen LogP contribution in [-0.4, -0.2) is 116 Å². The van der Waals surface area contributed by atoms with Crippen molar-refractivity contribution in [2.24, 2.45) is 0 Å². The summed E-state index contributed by atoms with van der Waals surface area (Å²) in [6.45, 7) is -3.83. The predicted molar refractivity (Wildman–Crippen MR) is 92.4 cm³/mol. The second-order valence-corrected chi connectivity index (χ2v) is 10.8. The van der Waals surface area contributed by atoms with Gasteiger partial charge in [-0.3, -0.25) is 4.55 Å². The van der Waals surface area contributed by atoms with Crippen LogP contribution in [0.15, 0.2) is 0 Å². The molecule has 0 fully saturated rings. The molecule has 1 unspecified atom stereocenters. The zero-order chi connectivity index (χ0) is 25.1. The first kappa shape index (κ1) is 30.2. The van der Waals surface area contributed by atoms with Gasteiger partial charge in [0.2, 0.25) is 0 Å². The lowest BCUT2D eigenvalue weighted by Crippen LogP contribution is -2.60. The number of quaternary nitrogens is 1. The molecule has 0 aliphatic rings. The van der Waals surface area contributed by atoms with Gasteiger partial charge in [-0.1, -0.05) is 0 Å². The molecular weight excluding hydrogens is 493 g/mol. The van der Waals surface area contributed by atoms with E-state index in [1.807, 2.05) is 0 Å². The molecule has 0 rings (SSSR count). The molecule has 0 bridgehead atoms. The number of sulfonamides is 1. The summed E-state index contributed by atoms with van der Waals surface area (Å²) < 4.78 is 144. The van der Waals surface area contributed by atoms with Gasteiger partial charge in [-0.15, -0.1) is 0 Å². The number of hydrogen-bond donors (Lipinski definition) is 3. The van der Waals surface area contributed by atoms with E-state index in [-0.39, 0.29) is 17.6 Å². The van der Waals surface area contributed by atoms with Crippen molar-refractivity contribution in [3.05, 3.63) is 0 Å². The average molecular weight is 517 g/mol. The van der Waals surface area contributed by atoms with E-state index < -0.39 is 79.8 Å². The van der Waals surface area contributed by atoms with Gasteiger partial charge in [-0.25, -0.2) is 8.42 Å². The molecule has 0 saturated carbocycles. The van der Waals surface area contributed by atoms with Gasteiger partial charge in [-0.05, 0) is 0 Å². The van der Waals surface area contributed by atoms with Crippen LogP contribution >= 0.6 is 0 Å². The van der Waals surface area contributed by atoms with Crippen molar-refractivity contribution in [2.75, 3.05) is 52.6 Å². The first-order valence-electron chi connectivity index (χ1n) is 8.40. The Morgan fingerprint density at radius 2 is 1.45 bits per heavy atom. The minimum Gasteiger partial charge on any atom is -0.395 e. The van der Waals surface area contributed by atoms with E-state index >= 15 is 0 Å². The summed E-state index contributed by atoms with van der Waals surface area (Å²) in [7, 11) is -8.33. The maximum atomic E-state index is 13.7. The third-order valence-electron chi connectivity index (χ3n) is 4.01. The number of rotatable bonds is 13. The van der Waals surface area contributed by atoms with Crippen molar-refractivity contribution in [3.8, 4) is 0 Å². The number of hydrogen-bond acceptors (Lipinski definition) is 6. The second kappa shape index (κ2) is 10.0. The Hall–Kier alpha value is -0.790. The number of likely N-dealkylation sites (N-methyl/N-ethyl adjacent to an activating group) is 1. The van der Waals surface area contributed by atoms with Gasteiger partial charge in [0, 0.05) is 19.5 Å². The Bertz CT molecular complexity index is 802. The SMILES string of the molecule is C[N+](C)(CCCN(CCO)S(=O)(=O)C(F)(F)C(F)(F)C(F)(F)F)CC(O)CS(=O)(=O)O. The van der Waals surface area contributed by atoms with Crippen LogP contribution in [0.25, 0.3) is 0 Å². The van der Waals surface area contributed by atoms with Gasteiger partial charge in [0.05, 0.1) is 27.2 Å². The van der Waals surface area contributed by atoms with Crippen LogP contribution in [0.1, 0.15) is 6.42 Å². The van der Waals surface area contributed by atoms with Gasteiger partial charge in [-0.2, -0.15) is 43.5 Å². The Morgan fingerprint density at radius 3 is 1.84 bits per heavy atom. The zero-order valence-corrected chi connectivity index (χ0v) is 18.0. The number of aliphatic hydroxyl groups is 2. The fraction of sp³-hybridized carbons (Fsp3) is 1.00. The molecule has 0 amide bonds. The molecule has 0 aromatic rings. The monoisotopic (exact) mass is 517 g/mol. The molecule has 0 radical (unpaired) electrons. The van der Waals surface area contributed by atoms with E-state index in [0.717, 1.165) is 0 Å². The second-order valence-electron chi connectivity index (χ2n) is 7.31. The minimum absolute atomic E-state index is 0.179. The lowest BCUT2D eigenvalue weighted by molar-refractivity contribution is -0.893. The topological polar surface area (TPSA) is 132 Å². The molecule has 3 N–H and O–H groups in total. The zero-order valence-electron chi connectivity index (χ0n) is 16.4. The summed E-state index contributed by atoms with van der Waals surface area (Å²) in [5.74, 6) is -7.93. The molecule has 0 aromatic carbocycles.